The molecule has 4 nitrogen and oxygen atoms in total. The normalized spacial score (nSPS) is 13.1. The predicted molar refractivity (Wildman–Crippen MR) is 147 cm³/mol. The van der Waals surface area contributed by atoms with Crippen LogP contribution in [0.4, 0.5) is 39.5 Å². The van der Waals surface area contributed by atoms with Crippen LogP contribution in [0.5, 0.6) is 11.5 Å². The molecule has 5 rings (SSSR count). The highest BCUT2D eigenvalue weighted by atomic mass is 19.2. The molecular formula is C32H25F9N2O2. The van der Waals surface area contributed by atoms with E-state index in [1.165, 1.54) is 23.3 Å². The Balaban J connectivity index is 1.36. The number of hydroxylamine groups is 2. The minimum absolute atomic E-state index is 0.0102. The maximum atomic E-state index is 14.7. The summed E-state index contributed by atoms with van der Waals surface area (Å²) in [5.41, 5.74) is -2.15. The lowest BCUT2D eigenvalue weighted by atomic mass is 9.96. The first kappa shape index (κ1) is 32.2. The van der Waals surface area contributed by atoms with Crippen molar-refractivity contribution in [1.29, 1.82) is 0 Å². The standard InChI is InChI=1S/C32H25F9N2O2/c1-13-7-16(31(44)18(9-13)20-24(35)22(33)15(3)23(34)25(20)36)11-42(4)5-6-43-12-17-8-14(2)10-19(32(17)45-43)21-26(37)28(39)30(41)29(40)27(21)38/h7-10,44H,5-6,11-12H2,1-4H3. The smallest absolute Gasteiger partial charge is 0.200 e. The topological polar surface area (TPSA) is 35.9 Å². The number of fused-ring (bicyclic) bond motifs is 1. The van der Waals surface area contributed by atoms with E-state index in [4.69, 9.17) is 4.84 Å². The van der Waals surface area contributed by atoms with E-state index in [1.54, 1.807) is 31.9 Å². The van der Waals surface area contributed by atoms with Crippen molar-refractivity contribution in [2.45, 2.75) is 33.9 Å². The summed E-state index contributed by atoms with van der Waals surface area (Å²) >= 11 is 0. The third kappa shape index (κ3) is 5.59. The van der Waals surface area contributed by atoms with E-state index < -0.39 is 80.4 Å². The number of aromatic hydroxyl groups is 1. The molecule has 0 saturated carbocycles. The Kier molecular flexibility index (Phi) is 8.53. The number of halogens is 9. The summed E-state index contributed by atoms with van der Waals surface area (Å²) in [5.74, 6) is -17.5. The van der Waals surface area contributed by atoms with Crippen molar-refractivity contribution in [3.05, 3.63) is 104 Å². The van der Waals surface area contributed by atoms with Crippen LogP contribution >= 0.6 is 0 Å². The van der Waals surface area contributed by atoms with E-state index in [1.807, 2.05) is 0 Å². The first-order valence-electron chi connectivity index (χ1n) is 13.5. The number of hydrogen-bond acceptors (Lipinski definition) is 4. The lowest BCUT2D eigenvalue weighted by molar-refractivity contribution is -0.0470. The van der Waals surface area contributed by atoms with Gasteiger partial charge in [0.2, 0.25) is 5.82 Å². The van der Waals surface area contributed by atoms with Gasteiger partial charge in [-0.1, -0.05) is 12.1 Å². The van der Waals surface area contributed by atoms with Crippen molar-refractivity contribution >= 4 is 0 Å². The van der Waals surface area contributed by atoms with Gasteiger partial charge in [0.25, 0.3) is 0 Å². The quantitative estimate of drug-likeness (QED) is 0.126. The summed E-state index contributed by atoms with van der Waals surface area (Å²) in [6.45, 7) is 4.55. The molecule has 4 aromatic carbocycles. The highest BCUT2D eigenvalue weighted by Gasteiger charge is 2.33. The summed E-state index contributed by atoms with van der Waals surface area (Å²) < 4.78 is 129. The maximum absolute atomic E-state index is 14.7. The van der Waals surface area contributed by atoms with Gasteiger partial charge >= 0.3 is 0 Å². The fraction of sp³-hybridized carbons (Fsp3) is 0.250. The number of hydrogen-bond donors (Lipinski definition) is 1. The van der Waals surface area contributed by atoms with Gasteiger partial charge in [-0.05, 0) is 51.1 Å². The largest absolute Gasteiger partial charge is 0.507 e. The number of benzene rings is 4. The Bertz CT molecular complexity index is 1800. The average Bonchev–Trinajstić information content (AvgIpc) is 3.41. The molecule has 4 aromatic rings. The SMILES string of the molecule is Cc1cc(CN(C)CCN2Cc3cc(C)cc(-c4c(F)c(F)c(F)c(F)c4F)c3O2)c(O)c(-c2c(F)c(F)c(C)c(F)c2F)c1. The number of rotatable bonds is 7. The van der Waals surface area contributed by atoms with Gasteiger partial charge in [-0.25, -0.2) is 39.5 Å². The molecule has 0 fully saturated rings. The molecule has 0 unspecified atom stereocenters. The van der Waals surface area contributed by atoms with Gasteiger partial charge in [-0.15, -0.1) is 5.06 Å². The first-order valence-corrected chi connectivity index (χ1v) is 13.5. The van der Waals surface area contributed by atoms with Gasteiger partial charge in [0.05, 0.1) is 17.7 Å². The average molecular weight is 641 g/mol. The molecule has 13 heteroatoms. The van der Waals surface area contributed by atoms with Gasteiger partial charge in [-0.3, -0.25) is 0 Å². The Morgan fingerprint density at radius 3 is 1.78 bits per heavy atom. The second kappa shape index (κ2) is 11.9. The minimum atomic E-state index is -2.27. The Labute approximate surface area is 251 Å². The molecule has 0 bridgehead atoms. The zero-order chi connectivity index (χ0) is 33.1. The van der Waals surface area contributed by atoms with Crippen LogP contribution in [0, 0.1) is 73.1 Å². The van der Waals surface area contributed by atoms with Gasteiger partial charge in [0, 0.05) is 47.5 Å². The Morgan fingerprint density at radius 2 is 1.18 bits per heavy atom. The number of nitrogens with zero attached hydrogens (tertiary/aromatic N) is 2. The zero-order valence-electron chi connectivity index (χ0n) is 24.3. The molecule has 45 heavy (non-hydrogen) atoms. The third-order valence-corrected chi connectivity index (χ3v) is 7.61. The van der Waals surface area contributed by atoms with Crippen molar-refractivity contribution in [2.24, 2.45) is 0 Å². The molecule has 0 amide bonds. The summed E-state index contributed by atoms with van der Waals surface area (Å²) in [7, 11) is 1.64. The molecule has 0 aromatic heterocycles. The molecule has 238 valence electrons. The lowest BCUT2D eigenvalue weighted by Gasteiger charge is -2.22. The van der Waals surface area contributed by atoms with Crippen molar-refractivity contribution in [3.8, 4) is 33.8 Å². The number of likely N-dealkylation sites (N-methyl/N-ethyl adjacent to an activating group) is 1. The van der Waals surface area contributed by atoms with E-state index in [0.717, 1.165) is 6.92 Å². The lowest BCUT2D eigenvalue weighted by Crippen LogP contribution is -2.32. The highest BCUT2D eigenvalue weighted by molar-refractivity contribution is 5.75. The monoisotopic (exact) mass is 640 g/mol. The van der Waals surface area contributed by atoms with Crippen LogP contribution < -0.4 is 4.84 Å². The molecule has 0 spiro atoms. The number of phenolic OH excluding ortho intramolecular Hbond substituents is 1. The van der Waals surface area contributed by atoms with Crippen molar-refractivity contribution in [1.82, 2.24) is 9.96 Å². The van der Waals surface area contributed by atoms with Crippen molar-refractivity contribution < 1.29 is 49.5 Å². The maximum Gasteiger partial charge on any atom is 0.200 e. The van der Waals surface area contributed by atoms with Crippen LogP contribution in [0.2, 0.25) is 0 Å². The van der Waals surface area contributed by atoms with E-state index in [-0.39, 0.29) is 43.1 Å². The van der Waals surface area contributed by atoms with Crippen LogP contribution in [0.15, 0.2) is 24.3 Å². The van der Waals surface area contributed by atoms with E-state index >= 15 is 0 Å². The molecule has 1 aliphatic rings. The van der Waals surface area contributed by atoms with Crippen LogP contribution in [0.3, 0.4) is 0 Å². The van der Waals surface area contributed by atoms with Crippen molar-refractivity contribution in [2.75, 3.05) is 20.1 Å². The predicted octanol–water partition coefficient (Wildman–Crippen LogP) is 8.14. The molecular weight excluding hydrogens is 615 g/mol. The molecule has 0 aliphatic carbocycles. The Hall–Kier alpha value is -4.23. The summed E-state index contributed by atoms with van der Waals surface area (Å²) in [4.78, 5) is 7.46. The van der Waals surface area contributed by atoms with E-state index in [9.17, 15) is 44.6 Å². The third-order valence-electron chi connectivity index (χ3n) is 7.61. The number of phenols is 1. The summed E-state index contributed by atoms with van der Waals surface area (Å²) in [6, 6.07) is 5.64. The summed E-state index contributed by atoms with van der Waals surface area (Å²) in [6.07, 6.45) is 0. The molecule has 1 heterocycles. The second-order valence-electron chi connectivity index (χ2n) is 11.0. The molecule has 0 radical (unpaired) electrons. The molecule has 1 N–H and O–H groups in total. The van der Waals surface area contributed by atoms with Gasteiger partial charge < -0.3 is 14.8 Å². The van der Waals surface area contributed by atoms with Crippen molar-refractivity contribution in [3.63, 3.8) is 0 Å². The first-order chi connectivity index (χ1) is 21.1. The van der Waals surface area contributed by atoms with E-state index in [2.05, 4.69) is 0 Å². The second-order valence-corrected chi connectivity index (χ2v) is 11.0. The summed E-state index contributed by atoms with van der Waals surface area (Å²) in [5, 5.41) is 12.3. The van der Waals surface area contributed by atoms with Gasteiger partial charge in [0.1, 0.15) is 5.75 Å². The fourth-order valence-corrected chi connectivity index (χ4v) is 5.37. The minimum Gasteiger partial charge on any atom is -0.507 e. The Morgan fingerprint density at radius 1 is 0.689 bits per heavy atom. The van der Waals surface area contributed by atoms with Crippen LogP contribution in [0.1, 0.15) is 27.8 Å². The zero-order valence-corrected chi connectivity index (χ0v) is 24.3. The van der Waals surface area contributed by atoms with E-state index in [0.29, 0.717) is 16.7 Å². The van der Waals surface area contributed by atoms with Crippen LogP contribution in [-0.2, 0) is 13.1 Å². The van der Waals surface area contributed by atoms with Crippen LogP contribution in [-0.4, -0.2) is 35.2 Å². The molecule has 0 saturated heterocycles. The fourth-order valence-electron chi connectivity index (χ4n) is 5.37. The van der Waals surface area contributed by atoms with Gasteiger partial charge in [-0.2, -0.15) is 0 Å². The molecule has 0 atom stereocenters. The van der Waals surface area contributed by atoms with Crippen LogP contribution in [0.25, 0.3) is 22.3 Å². The molecule has 1 aliphatic heterocycles. The number of aryl methyl sites for hydroxylation is 2. The van der Waals surface area contributed by atoms with Gasteiger partial charge in [0.15, 0.2) is 52.3 Å². The highest BCUT2D eigenvalue weighted by Crippen LogP contribution is 2.43.